The summed E-state index contributed by atoms with van der Waals surface area (Å²) in [5.41, 5.74) is -2.43. The average Bonchev–Trinajstić information content (AvgIpc) is 2.25. The molecule has 0 amide bonds. The van der Waals surface area contributed by atoms with Crippen molar-refractivity contribution in [1.29, 1.82) is 0 Å². The summed E-state index contributed by atoms with van der Waals surface area (Å²) in [7, 11) is 0. The SMILES string of the molecule is CC(C[TeH])c1cc(C(F)(F)F)cc(C(F)(F)F)c1. The van der Waals surface area contributed by atoms with Crippen LogP contribution < -0.4 is 0 Å². The molecule has 0 saturated heterocycles. The molecule has 0 N–H and O–H groups in total. The Hall–Kier alpha value is -0.410. The van der Waals surface area contributed by atoms with E-state index in [1.165, 1.54) is 22.3 Å². The van der Waals surface area contributed by atoms with E-state index in [0.717, 1.165) is 12.1 Å². The van der Waals surface area contributed by atoms with Crippen LogP contribution in [0.4, 0.5) is 26.3 Å². The fourth-order valence-electron chi connectivity index (χ4n) is 1.37. The van der Waals surface area contributed by atoms with E-state index in [-0.39, 0.29) is 17.5 Å². The van der Waals surface area contributed by atoms with Crippen LogP contribution in [-0.2, 0) is 12.4 Å². The van der Waals surface area contributed by atoms with Crippen molar-refractivity contribution in [3.63, 3.8) is 0 Å². The van der Waals surface area contributed by atoms with Crippen molar-refractivity contribution in [2.75, 3.05) is 0 Å². The molecule has 1 rings (SSSR count). The van der Waals surface area contributed by atoms with Crippen molar-refractivity contribution in [2.24, 2.45) is 0 Å². The van der Waals surface area contributed by atoms with Crippen LogP contribution in [0.25, 0.3) is 0 Å². The number of alkyl halides is 6. The monoisotopic (exact) mass is 386 g/mol. The van der Waals surface area contributed by atoms with Crippen molar-refractivity contribution in [2.45, 2.75) is 29.7 Å². The Bertz CT molecular complexity index is 388. The Labute approximate surface area is 113 Å². The molecular formula is C11H10F6Te. The summed E-state index contributed by atoms with van der Waals surface area (Å²) in [6.45, 7) is 1.61. The summed E-state index contributed by atoms with van der Waals surface area (Å²) in [4.78, 5) is 0. The first-order valence-electron chi connectivity index (χ1n) is 4.96. The molecule has 0 radical (unpaired) electrons. The molecule has 102 valence electrons. The number of hydrogen-bond acceptors (Lipinski definition) is 0. The standard InChI is InChI=1S/C11H10F6Te/c1-6(5-18)7-2-8(10(12,13)14)4-9(3-7)11(15,16)17/h2-4,6,18H,5H2,1H3. The second-order valence-electron chi connectivity index (χ2n) is 3.92. The predicted molar refractivity (Wildman–Crippen MR) is 56.8 cm³/mol. The number of benzene rings is 1. The van der Waals surface area contributed by atoms with E-state index in [1.807, 2.05) is 0 Å². The van der Waals surface area contributed by atoms with Gasteiger partial charge in [0.15, 0.2) is 0 Å². The van der Waals surface area contributed by atoms with Gasteiger partial charge in [0.05, 0.1) is 0 Å². The van der Waals surface area contributed by atoms with Crippen molar-refractivity contribution in [3.8, 4) is 0 Å². The van der Waals surface area contributed by atoms with E-state index in [2.05, 4.69) is 0 Å². The van der Waals surface area contributed by atoms with Gasteiger partial charge in [0.2, 0.25) is 0 Å². The minimum atomic E-state index is -4.77. The van der Waals surface area contributed by atoms with Crippen LogP contribution in [0, 0.1) is 0 Å². The maximum atomic E-state index is 12.5. The van der Waals surface area contributed by atoms with Crippen molar-refractivity contribution >= 4 is 22.3 Å². The van der Waals surface area contributed by atoms with Gasteiger partial charge in [-0.2, -0.15) is 0 Å². The minimum absolute atomic E-state index is 0.0677. The third-order valence-corrected chi connectivity index (χ3v) is 4.02. The van der Waals surface area contributed by atoms with Crippen LogP contribution in [0.15, 0.2) is 18.2 Å². The molecule has 0 aliphatic carbocycles. The molecule has 1 atom stereocenters. The zero-order chi connectivity index (χ0) is 14.1. The number of rotatable bonds is 2. The fraction of sp³-hybridized carbons (Fsp3) is 0.455. The normalized spacial score (nSPS) is 14.7. The summed E-state index contributed by atoms with van der Waals surface area (Å²) in [5.74, 6) is -0.331. The molecule has 0 bridgehead atoms. The van der Waals surface area contributed by atoms with Crippen LogP contribution in [0.3, 0.4) is 0 Å². The topological polar surface area (TPSA) is 0 Å². The summed E-state index contributed by atoms with van der Waals surface area (Å²) in [6, 6.07) is 1.73. The average molecular weight is 384 g/mol. The second-order valence-corrected chi connectivity index (χ2v) is 4.97. The van der Waals surface area contributed by atoms with Crippen molar-refractivity contribution in [3.05, 3.63) is 34.9 Å². The molecule has 0 spiro atoms. The maximum absolute atomic E-state index is 12.5. The van der Waals surface area contributed by atoms with E-state index in [1.54, 1.807) is 6.92 Å². The molecule has 1 aromatic rings. The third kappa shape index (κ3) is 3.79. The number of hydrogen-bond donors (Lipinski definition) is 0. The molecule has 18 heavy (non-hydrogen) atoms. The third-order valence-electron chi connectivity index (χ3n) is 2.45. The van der Waals surface area contributed by atoms with Gasteiger partial charge in [-0.3, -0.25) is 0 Å². The number of halogens is 6. The Balaban J connectivity index is 3.39. The first-order chi connectivity index (χ1) is 8.05. The summed E-state index contributed by atoms with van der Waals surface area (Å²) < 4.78 is 75.8. The van der Waals surface area contributed by atoms with Crippen LogP contribution in [-0.4, -0.2) is 22.3 Å². The second kappa shape index (κ2) is 5.30. The van der Waals surface area contributed by atoms with Gasteiger partial charge in [-0.05, 0) is 0 Å². The quantitative estimate of drug-likeness (QED) is 0.532. The van der Waals surface area contributed by atoms with Gasteiger partial charge in [0.25, 0.3) is 0 Å². The molecule has 1 aromatic carbocycles. The Morgan fingerprint density at radius 1 is 0.944 bits per heavy atom. The first-order valence-corrected chi connectivity index (χ1v) is 6.76. The van der Waals surface area contributed by atoms with E-state index >= 15 is 0 Å². The van der Waals surface area contributed by atoms with Crippen LogP contribution in [0.5, 0.6) is 0 Å². The van der Waals surface area contributed by atoms with Gasteiger partial charge >= 0.3 is 113 Å². The molecule has 0 nitrogen and oxygen atoms in total. The molecule has 0 aliphatic rings. The molecular weight excluding hydrogens is 374 g/mol. The molecule has 0 fully saturated rings. The molecule has 0 saturated carbocycles. The first kappa shape index (κ1) is 15.6. The van der Waals surface area contributed by atoms with Crippen LogP contribution >= 0.6 is 0 Å². The Morgan fingerprint density at radius 2 is 1.33 bits per heavy atom. The van der Waals surface area contributed by atoms with Gasteiger partial charge in [0.1, 0.15) is 0 Å². The van der Waals surface area contributed by atoms with Crippen LogP contribution in [0.1, 0.15) is 29.5 Å². The zero-order valence-electron chi connectivity index (χ0n) is 9.23. The van der Waals surface area contributed by atoms with Gasteiger partial charge in [-0.1, -0.05) is 0 Å². The van der Waals surface area contributed by atoms with Crippen LogP contribution in [0.2, 0.25) is 4.47 Å². The summed E-state index contributed by atoms with van der Waals surface area (Å²) >= 11 is 1.35. The van der Waals surface area contributed by atoms with Gasteiger partial charge in [0, 0.05) is 0 Å². The Kier molecular flexibility index (Phi) is 4.60. The summed E-state index contributed by atoms with van der Waals surface area (Å²) in [5, 5.41) is 0. The summed E-state index contributed by atoms with van der Waals surface area (Å²) in [6.07, 6.45) is -9.54. The predicted octanol–water partition coefficient (Wildman–Crippen LogP) is 4.15. The van der Waals surface area contributed by atoms with Gasteiger partial charge < -0.3 is 0 Å². The van der Waals surface area contributed by atoms with E-state index < -0.39 is 23.5 Å². The van der Waals surface area contributed by atoms with E-state index in [0.29, 0.717) is 4.47 Å². The van der Waals surface area contributed by atoms with E-state index in [9.17, 15) is 26.3 Å². The van der Waals surface area contributed by atoms with Gasteiger partial charge in [-0.25, -0.2) is 0 Å². The van der Waals surface area contributed by atoms with Gasteiger partial charge in [-0.15, -0.1) is 0 Å². The zero-order valence-corrected chi connectivity index (χ0v) is 11.8. The van der Waals surface area contributed by atoms with Crippen molar-refractivity contribution in [1.82, 2.24) is 0 Å². The Morgan fingerprint density at radius 3 is 1.61 bits per heavy atom. The molecule has 0 aliphatic heterocycles. The molecule has 7 heteroatoms. The van der Waals surface area contributed by atoms with Crippen molar-refractivity contribution < 1.29 is 26.3 Å². The molecule has 1 unspecified atom stereocenters. The van der Waals surface area contributed by atoms with E-state index in [4.69, 9.17) is 0 Å². The fourth-order valence-corrected chi connectivity index (χ4v) is 1.97. The molecule has 0 heterocycles. The molecule has 0 aromatic heterocycles.